The molecule has 0 radical (unpaired) electrons. The second-order valence-corrected chi connectivity index (χ2v) is 10.1. The summed E-state index contributed by atoms with van der Waals surface area (Å²) in [6.45, 7) is 5.30. The smallest absolute Gasteiger partial charge is 0.128 e. The van der Waals surface area contributed by atoms with E-state index in [9.17, 15) is 8.60 Å². The first-order chi connectivity index (χ1) is 9.56. The highest BCUT2D eigenvalue weighted by molar-refractivity contribution is 14.1. The van der Waals surface area contributed by atoms with Gasteiger partial charge in [0.15, 0.2) is 0 Å². The van der Waals surface area contributed by atoms with Crippen LogP contribution in [0, 0.1) is 9.39 Å². The maximum absolute atomic E-state index is 14.2. The van der Waals surface area contributed by atoms with Crippen molar-refractivity contribution in [2.45, 2.75) is 31.1 Å². The van der Waals surface area contributed by atoms with E-state index in [2.05, 4.69) is 31.9 Å². The molecule has 0 amide bonds. The summed E-state index contributed by atoms with van der Waals surface area (Å²) in [5.41, 5.74) is 5.49. The van der Waals surface area contributed by atoms with Gasteiger partial charge in [0, 0.05) is 16.2 Å². The summed E-state index contributed by atoms with van der Waals surface area (Å²) >= 11 is 2.11. The molecular formula is C14H19FIN3OS. The van der Waals surface area contributed by atoms with Gasteiger partial charge in [0.25, 0.3) is 0 Å². The summed E-state index contributed by atoms with van der Waals surface area (Å²) in [5.74, 6) is 0.0402. The Balaban J connectivity index is 2.73. The second-order valence-electron chi connectivity index (χ2n) is 5.87. The van der Waals surface area contributed by atoms with Gasteiger partial charge in [0.05, 0.1) is 15.5 Å². The summed E-state index contributed by atoms with van der Waals surface area (Å²) < 4.78 is 31.6. The highest BCUT2D eigenvalue weighted by Crippen LogP contribution is 2.39. The third-order valence-electron chi connectivity index (χ3n) is 4.06. The molecule has 1 aromatic rings. The van der Waals surface area contributed by atoms with E-state index in [0.717, 1.165) is 3.57 Å². The molecule has 0 bridgehead atoms. The van der Waals surface area contributed by atoms with Crippen LogP contribution < -0.4 is 5.73 Å². The molecule has 116 valence electrons. The maximum atomic E-state index is 14.2. The van der Waals surface area contributed by atoms with Crippen molar-refractivity contribution in [3.63, 3.8) is 0 Å². The Morgan fingerprint density at radius 3 is 2.62 bits per heavy atom. The normalized spacial score (nSPS) is 31.6. The number of hydrogen-bond acceptors (Lipinski definition) is 4. The fraction of sp³-hybridized carbons (Fsp3) is 0.500. The predicted molar refractivity (Wildman–Crippen MR) is 93.5 cm³/mol. The van der Waals surface area contributed by atoms with E-state index in [1.54, 1.807) is 32.9 Å². The Hall–Kier alpha value is -0.700. The molecule has 4 nitrogen and oxygen atoms in total. The van der Waals surface area contributed by atoms with Gasteiger partial charge < -0.3 is 5.73 Å². The lowest BCUT2D eigenvalue weighted by Gasteiger charge is -2.40. The zero-order valence-corrected chi connectivity index (χ0v) is 15.5. The maximum Gasteiger partial charge on any atom is 0.128 e. The molecule has 7 heteroatoms. The number of hydrogen-bond donors (Lipinski definition) is 1. The zero-order chi connectivity index (χ0) is 16.1. The Morgan fingerprint density at radius 2 is 2.05 bits per heavy atom. The van der Waals surface area contributed by atoms with Crippen LogP contribution in [0.4, 0.5) is 4.39 Å². The van der Waals surface area contributed by atoms with E-state index in [1.807, 2.05) is 0 Å². The minimum atomic E-state index is -2.64. The zero-order valence-electron chi connectivity index (χ0n) is 12.5. The number of benzene rings is 1. The average Bonchev–Trinajstić information content (AvgIpc) is 2.39. The lowest BCUT2D eigenvalue weighted by molar-refractivity contribution is 0.491. The first kappa shape index (κ1) is 16.7. The lowest BCUT2D eigenvalue weighted by Crippen LogP contribution is -2.54. The van der Waals surface area contributed by atoms with Gasteiger partial charge in [-0.1, -0.05) is 0 Å². The SMILES string of the molecule is CN=[S@]1(=O)C[C@@](C)(c2cc(I)ccc2F)N=C(N)C1(C)C. The van der Waals surface area contributed by atoms with Crippen molar-refractivity contribution in [1.82, 2.24) is 0 Å². The van der Waals surface area contributed by atoms with E-state index < -0.39 is 20.0 Å². The summed E-state index contributed by atoms with van der Waals surface area (Å²) in [4.78, 5) is 4.49. The fourth-order valence-corrected chi connectivity index (χ4v) is 5.29. The van der Waals surface area contributed by atoms with E-state index in [-0.39, 0.29) is 17.4 Å². The second kappa shape index (κ2) is 5.19. The Kier molecular flexibility index (Phi) is 4.12. The van der Waals surface area contributed by atoms with Crippen LogP contribution in [0.3, 0.4) is 0 Å². The highest BCUT2D eigenvalue weighted by atomic mass is 127. The van der Waals surface area contributed by atoms with Gasteiger partial charge in [-0.3, -0.25) is 4.99 Å². The number of nitrogens with zero attached hydrogens (tertiary/aromatic N) is 2. The van der Waals surface area contributed by atoms with Crippen LogP contribution >= 0.6 is 22.6 Å². The molecule has 1 heterocycles. The van der Waals surface area contributed by atoms with Crippen LogP contribution in [-0.2, 0) is 15.3 Å². The van der Waals surface area contributed by atoms with Gasteiger partial charge in [0.1, 0.15) is 21.9 Å². The third-order valence-corrected chi connectivity index (χ3v) is 8.08. The molecule has 0 unspecified atom stereocenters. The summed E-state index contributed by atoms with van der Waals surface area (Å²) in [5, 5.41) is 0. The van der Waals surface area contributed by atoms with Crippen molar-refractivity contribution in [2.24, 2.45) is 15.1 Å². The van der Waals surface area contributed by atoms with Crippen LogP contribution in [0.1, 0.15) is 26.3 Å². The van der Waals surface area contributed by atoms with Crippen molar-refractivity contribution in [1.29, 1.82) is 0 Å². The Labute approximate surface area is 138 Å². The minimum Gasteiger partial charge on any atom is -0.386 e. The number of amidine groups is 1. The molecule has 0 aliphatic carbocycles. The highest BCUT2D eigenvalue weighted by Gasteiger charge is 2.47. The Bertz CT molecular complexity index is 738. The molecule has 0 saturated heterocycles. The van der Waals surface area contributed by atoms with Gasteiger partial charge >= 0.3 is 0 Å². The van der Waals surface area contributed by atoms with Crippen molar-refractivity contribution >= 4 is 38.2 Å². The molecule has 2 atom stereocenters. The van der Waals surface area contributed by atoms with Gasteiger partial charge in [-0.2, -0.15) is 0 Å². The van der Waals surface area contributed by atoms with Gasteiger partial charge in [-0.05, 0) is 61.6 Å². The van der Waals surface area contributed by atoms with E-state index in [1.165, 1.54) is 13.1 Å². The monoisotopic (exact) mass is 423 g/mol. The molecular weight excluding hydrogens is 404 g/mol. The number of rotatable bonds is 1. The van der Waals surface area contributed by atoms with E-state index in [4.69, 9.17) is 5.73 Å². The molecule has 1 aromatic carbocycles. The molecule has 1 aliphatic heterocycles. The first-order valence-electron chi connectivity index (χ1n) is 6.49. The van der Waals surface area contributed by atoms with Gasteiger partial charge in [-0.15, -0.1) is 0 Å². The van der Waals surface area contributed by atoms with Crippen LogP contribution in [0.15, 0.2) is 27.6 Å². The minimum absolute atomic E-state index is 0.154. The molecule has 2 rings (SSSR count). The van der Waals surface area contributed by atoms with Crippen LogP contribution in [-0.4, -0.2) is 27.6 Å². The number of aliphatic imine (C=N–C) groups is 1. The van der Waals surface area contributed by atoms with E-state index in [0.29, 0.717) is 5.56 Å². The molecule has 21 heavy (non-hydrogen) atoms. The standard InChI is InChI=1S/C14H19FIN3OS/c1-13(2)12(17)19-14(3,8-21(13,20)18-4)10-7-9(16)5-6-11(10)15/h5-7H,8H2,1-4H3,(H2,17,19)/t14-,21-/m0/s1. The van der Waals surface area contributed by atoms with E-state index >= 15 is 0 Å². The van der Waals surface area contributed by atoms with Gasteiger partial charge in [-0.25, -0.2) is 13.0 Å². The van der Waals surface area contributed by atoms with Crippen LogP contribution in [0.5, 0.6) is 0 Å². The average molecular weight is 423 g/mol. The fourth-order valence-electron chi connectivity index (χ4n) is 2.50. The van der Waals surface area contributed by atoms with Crippen molar-refractivity contribution in [2.75, 3.05) is 12.8 Å². The lowest BCUT2D eigenvalue weighted by atomic mass is 9.93. The van der Waals surface area contributed by atoms with Crippen molar-refractivity contribution in [3.05, 3.63) is 33.1 Å². The predicted octanol–water partition coefficient (Wildman–Crippen LogP) is 2.89. The molecule has 0 saturated carbocycles. The van der Waals surface area contributed by atoms with Crippen molar-refractivity contribution < 1.29 is 8.60 Å². The van der Waals surface area contributed by atoms with Crippen molar-refractivity contribution in [3.8, 4) is 0 Å². The first-order valence-corrected chi connectivity index (χ1v) is 9.26. The van der Waals surface area contributed by atoms with Crippen LogP contribution in [0.2, 0.25) is 0 Å². The van der Waals surface area contributed by atoms with Crippen LogP contribution in [0.25, 0.3) is 0 Å². The molecule has 2 N–H and O–H groups in total. The summed E-state index contributed by atoms with van der Waals surface area (Å²) in [6, 6.07) is 4.81. The topological polar surface area (TPSA) is 67.8 Å². The largest absolute Gasteiger partial charge is 0.386 e. The number of halogens is 2. The Morgan fingerprint density at radius 1 is 1.43 bits per heavy atom. The summed E-state index contributed by atoms with van der Waals surface area (Å²) in [7, 11) is -1.12. The van der Waals surface area contributed by atoms with Gasteiger partial charge in [0.2, 0.25) is 0 Å². The summed E-state index contributed by atoms with van der Waals surface area (Å²) in [6.07, 6.45) is 0. The molecule has 1 aliphatic rings. The molecule has 0 fully saturated rings. The number of nitrogens with two attached hydrogens (primary N) is 1. The molecule has 0 aromatic heterocycles. The quantitative estimate of drug-likeness (QED) is 0.706. The molecule has 0 spiro atoms. The third kappa shape index (κ3) is 2.58.